The molecule has 0 radical (unpaired) electrons. The highest BCUT2D eigenvalue weighted by Gasteiger charge is 2.19. The third kappa shape index (κ3) is 4.32. The van der Waals surface area contributed by atoms with Crippen LogP contribution in [0.4, 0.5) is 0 Å². The summed E-state index contributed by atoms with van der Waals surface area (Å²) in [4.78, 5) is 0. The first-order valence-electron chi connectivity index (χ1n) is 8.21. The smallest absolute Gasteiger partial charge is 0.0575 e. The monoisotopic (exact) mass is 279 g/mol. The quantitative estimate of drug-likeness (QED) is 0.793. The van der Waals surface area contributed by atoms with Crippen LogP contribution in [0, 0.1) is 0 Å². The minimum atomic E-state index is 0.405. The molecule has 20 heavy (non-hydrogen) atoms. The van der Waals surface area contributed by atoms with E-state index >= 15 is 0 Å². The summed E-state index contributed by atoms with van der Waals surface area (Å²) >= 11 is 0. The topological polar surface area (TPSA) is 39.1 Å². The van der Waals surface area contributed by atoms with E-state index in [-0.39, 0.29) is 0 Å². The van der Waals surface area contributed by atoms with Gasteiger partial charge in [0.15, 0.2) is 0 Å². The van der Waals surface area contributed by atoms with Gasteiger partial charge >= 0.3 is 0 Å². The number of nitrogens with zero attached hydrogens (tertiary/aromatic N) is 2. The lowest BCUT2D eigenvalue weighted by atomic mass is 10.00. The summed E-state index contributed by atoms with van der Waals surface area (Å²) in [6, 6.07) is 2.56. The first-order chi connectivity index (χ1) is 9.85. The van der Waals surface area contributed by atoms with Crippen molar-refractivity contribution in [1.29, 1.82) is 0 Å². The second-order valence-corrected chi connectivity index (χ2v) is 5.64. The SMILES string of the molecule is CCCNC(CCC1CCCCO1)c1ccnn1CC. The summed E-state index contributed by atoms with van der Waals surface area (Å²) < 4.78 is 7.96. The van der Waals surface area contributed by atoms with E-state index < -0.39 is 0 Å². The largest absolute Gasteiger partial charge is 0.378 e. The number of hydrogen-bond acceptors (Lipinski definition) is 3. The van der Waals surface area contributed by atoms with Crippen molar-refractivity contribution in [3.63, 3.8) is 0 Å². The average molecular weight is 279 g/mol. The van der Waals surface area contributed by atoms with Crippen LogP contribution in [0.25, 0.3) is 0 Å². The molecule has 1 aromatic heterocycles. The highest BCUT2D eigenvalue weighted by Crippen LogP contribution is 2.24. The lowest BCUT2D eigenvalue weighted by Crippen LogP contribution is -2.27. The van der Waals surface area contributed by atoms with E-state index in [9.17, 15) is 0 Å². The molecule has 2 rings (SSSR count). The van der Waals surface area contributed by atoms with E-state index in [2.05, 4.69) is 35.0 Å². The first-order valence-corrected chi connectivity index (χ1v) is 8.21. The van der Waals surface area contributed by atoms with E-state index in [4.69, 9.17) is 4.74 Å². The maximum Gasteiger partial charge on any atom is 0.0575 e. The Kier molecular flexibility index (Phi) is 6.54. The summed E-state index contributed by atoms with van der Waals surface area (Å²) in [5.41, 5.74) is 1.32. The van der Waals surface area contributed by atoms with Gasteiger partial charge in [-0.05, 0) is 58.1 Å². The Hall–Kier alpha value is -0.870. The lowest BCUT2D eigenvalue weighted by molar-refractivity contribution is 0.00841. The number of aryl methyl sites for hydroxylation is 1. The third-order valence-electron chi connectivity index (χ3n) is 4.10. The Morgan fingerprint density at radius 1 is 1.45 bits per heavy atom. The van der Waals surface area contributed by atoms with Crippen LogP contribution < -0.4 is 5.32 Å². The maximum absolute atomic E-state index is 5.86. The lowest BCUT2D eigenvalue weighted by Gasteiger charge is -2.25. The van der Waals surface area contributed by atoms with Crippen LogP contribution in [0.3, 0.4) is 0 Å². The molecule has 1 saturated heterocycles. The molecule has 2 unspecified atom stereocenters. The molecule has 114 valence electrons. The molecule has 1 aliphatic heterocycles. The molecule has 0 aliphatic carbocycles. The normalized spacial score (nSPS) is 21.0. The van der Waals surface area contributed by atoms with Gasteiger partial charge in [-0.1, -0.05) is 6.92 Å². The minimum Gasteiger partial charge on any atom is -0.378 e. The second-order valence-electron chi connectivity index (χ2n) is 5.64. The maximum atomic E-state index is 5.86. The molecule has 1 N–H and O–H groups in total. The minimum absolute atomic E-state index is 0.405. The fraction of sp³-hybridized carbons (Fsp3) is 0.812. The zero-order valence-electron chi connectivity index (χ0n) is 13.0. The van der Waals surface area contributed by atoms with Crippen molar-refractivity contribution < 1.29 is 4.74 Å². The number of aromatic nitrogens is 2. The molecular weight excluding hydrogens is 250 g/mol. The molecule has 1 aromatic rings. The fourth-order valence-corrected chi connectivity index (χ4v) is 2.96. The Morgan fingerprint density at radius 3 is 3.05 bits per heavy atom. The van der Waals surface area contributed by atoms with Crippen molar-refractivity contribution in [2.24, 2.45) is 0 Å². The molecular formula is C16H29N3O. The zero-order chi connectivity index (χ0) is 14.2. The number of ether oxygens (including phenoxy) is 1. The molecule has 1 aliphatic rings. The second kappa shape index (κ2) is 8.42. The van der Waals surface area contributed by atoms with Gasteiger partial charge in [0.25, 0.3) is 0 Å². The van der Waals surface area contributed by atoms with Gasteiger partial charge in [-0.25, -0.2) is 0 Å². The molecule has 0 aromatic carbocycles. The van der Waals surface area contributed by atoms with Crippen molar-refractivity contribution in [2.45, 2.75) is 71.1 Å². The third-order valence-corrected chi connectivity index (χ3v) is 4.10. The van der Waals surface area contributed by atoms with E-state index in [1.54, 1.807) is 0 Å². The Morgan fingerprint density at radius 2 is 2.35 bits per heavy atom. The average Bonchev–Trinajstić information content (AvgIpc) is 2.97. The number of rotatable bonds is 8. The molecule has 4 heteroatoms. The molecule has 0 spiro atoms. The van der Waals surface area contributed by atoms with Crippen LogP contribution in [-0.4, -0.2) is 29.0 Å². The number of nitrogens with one attached hydrogen (secondary N) is 1. The van der Waals surface area contributed by atoms with Gasteiger partial charge in [0.1, 0.15) is 0 Å². The molecule has 0 saturated carbocycles. The van der Waals surface area contributed by atoms with Gasteiger partial charge in [0.2, 0.25) is 0 Å². The summed E-state index contributed by atoms with van der Waals surface area (Å²) in [6.07, 6.45) is 9.61. The molecule has 4 nitrogen and oxygen atoms in total. The fourth-order valence-electron chi connectivity index (χ4n) is 2.96. The summed E-state index contributed by atoms with van der Waals surface area (Å²) in [7, 11) is 0. The molecule has 1 fully saturated rings. The number of hydrogen-bond donors (Lipinski definition) is 1. The molecule has 2 heterocycles. The van der Waals surface area contributed by atoms with Crippen molar-refractivity contribution in [1.82, 2.24) is 15.1 Å². The van der Waals surface area contributed by atoms with Gasteiger partial charge in [0.05, 0.1) is 11.8 Å². The van der Waals surface area contributed by atoms with Crippen molar-refractivity contribution in [3.8, 4) is 0 Å². The van der Waals surface area contributed by atoms with Crippen molar-refractivity contribution in [2.75, 3.05) is 13.2 Å². The zero-order valence-corrected chi connectivity index (χ0v) is 13.0. The van der Waals surface area contributed by atoms with Gasteiger partial charge in [0, 0.05) is 25.4 Å². The van der Waals surface area contributed by atoms with Crippen LogP contribution >= 0.6 is 0 Å². The standard InChI is InChI=1S/C16H29N3O/c1-3-11-17-15(16-10-12-18-19(16)4-2)9-8-14-7-5-6-13-20-14/h10,12,14-15,17H,3-9,11,13H2,1-2H3. The van der Waals surface area contributed by atoms with Crippen LogP contribution in [0.15, 0.2) is 12.3 Å². The predicted octanol–water partition coefficient (Wildman–Crippen LogP) is 3.29. The summed E-state index contributed by atoms with van der Waals surface area (Å²) in [5.74, 6) is 0. The molecule has 0 bridgehead atoms. The Labute approximate surface area is 122 Å². The summed E-state index contributed by atoms with van der Waals surface area (Å²) in [6.45, 7) is 7.31. The van der Waals surface area contributed by atoms with Crippen LogP contribution in [-0.2, 0) is 11.3 Å². The first kappa shape index (κ1) is 15.5. The van der Waals surface area contributed by atoms with Crippen molar-refractivity contribution >= 4 is 0 Å². The van der Waals surface area contributed by atoms with E-state index in [1.807, 2.05) is 6.20 Å². The molecule has 0 amide bonds. The van der Waals surface area contributed by atoms with Crippen molar-refractivity contribution in [3.05, 3.63) is 18.0 Å². The Balaban J connectivity index is 1.92. The highest BCUT2D eigenvalue weighted by molar-refractivity contribution is 5.07. The van der Waals surface area contributed by atoms with Gasteiger partial charge in [-0.2, -0.15) is 5.10 Å². The van der Waals surface area contributed by atoms with Crippen LogP contribution in [0.5, 0.6) is 0 Å². The highest BCUT2D eigenvalue weighted by atomic mass is 16.5. The Bertz CT molecular complexity index is 372. The van der Waals surface area contributed by atoms with Crippen LogP contribution in [0.2, 0.25) is 0 Å². The van der Waals surface area contributed by atoms with Crippen LogP contribution in [0.1, 0.15) is 64.1 Å². The van der Waals surface area contributed by atoms with E-state index in [0.717, 1.165) is 39.0 Å². The summed E-state index contributed by atoms with van der Waals surface area (Å²) in [5, 5.41) is 8.07. The predicted molar refractivity (Wildman–Crippen MR) is 81.8 cm³/mol. The van der Waals surface area contributed by atoms with Gasteiger partial charge in [-0.15, -0.1) is 0 Å². The molecule has 2 atom stereocenters. The van der Waals surface area contributed by atoms with Gasteiger partial charge < -0.3 is 10.1 Å². The van der Waals surface area contributed by atoms with Gasteiger partial charge in [-0.3, -0.25) is 4.68 Å². The van der Waals surface area contributed by atoms with E-state index in [1.165, 1.54) is 25.0 Å². The van der Waals surface area contributed by atoms with E-state index in [0.29, 0.717) is 12.1 Å².